The molecule has 1 aliphatic carbocycles. The van der Waals surface area contributed by atoms with E-state index in [1.807, 2.05) is 24.3 Å². The lowest BCUT2D eigenvalue weighted by Crippen LogP contribution is -2.25. The van der Waals surface area contributed by atoms with Crippen molar-refractivity contribution < 1.29 is 9.53 Å². The van der Waals surface area contributed by atoms with Crippen LogP contribution in [0.25, 0.3) is 0 Å². The van der Waals surface area contributed by atoms with Gasteiger partial charge in [-0.05, 0) is 48.8 Å². The Morgan fingerprint density at radius 1 is 1.09 bits per heavy atom. The van der Waals surface area contributed by atoms with Crippen molar-refractivity contribution in [3.63, 3.8) is 0 Å². The zero-order valence-electron chi connectivity index (χ0n) is 14.5. The second kappa shape index (κ2) is 8.14. The molecule has 0 spiro atoms. The SMILES string of the molecule is CC(C)(C)c1ccc(OCC(=O)NN=C2CCCCCC2)cc1. The van der Waals surface area contributed by atoms with Gasteiger partial charge in [-0.25, -0.2) is 5.43 Å². The number of nitrogens with zero attached hydrogens (tertiary/aromatic N) is 1. The van der Waals surface area contributed by atoms with Crippen molar-refractivity contribution in [3.8, 4) is 5.75 Å². The Bertz CT molecular complexity index is 531. The van der Waals surface area contributed by atoms with Gasteiger partial charge in [-0.15, -0.1) is 0 Å². The number of carbonyl (C=O) groups excluding carboxylic acids is 1. The predicted octanol–water partition coefficient (Wildman–Crippen LogP) is 4.19. The van der Waals surface area contributed by atoms with E-state index in [0.717, 1.165) is 18.6 Å². The molecule has 0 radical (unpaired) electrons. The molecule has 0 heterocycles. The van der Waals surface area contributed by atoms with E-state index in [2.05, 4.69) is 31.3 Å². The van der Waals surface area contributed by atoms with Gasteiger partial charge >= 0.3 is 0 Å². The molecule has 1 aromatic carbocycles. The summed E-state index contributed by atoms with van der Waals surface area (Å²) in [6.07, 6.45) is 6.86. The van der Waals surface area contributed by atoms with Gasteiger partial charge in [-0.3, -0.25) is 4.79 Å². The van der Waals surface area contributed by atoms with E-state index < -0.39 is 0 Å². The van der Waals surface area contributed by atoms with Gasteiger partial charge in [0.05, 0.1) is 0 Å². The first kappa shape index (κ1) is 17.5. The van der Waals surface area contributed by atoms with Crippen molar-refractivity contribution in [2.24, 2.45) is 5.10 Å². The number of rotatable bonds is 4. The Morgan fingerprint density at radius 2 is 1.70 bits per heavy atom. The standard InChI is InChI=1S/C19H28N2O2/c1-19(2,3)15-10-12-17(13-11-15)23-14-18(22)21-20-16-8-6-4-5-7-9-16/h10-13H,4-9,14H2,1-3H3,(H,21,22). The summed E-state index contributed by atoms with van der Waals surface area (Å²) in [7, 11) is 0. The van der Waals surface area contributed by atoms with Crippen molar-refractivity contribution in [3.05, 3.63) is 29.8 Å². The molecule has 1 aliphatic rings. The summed E-state index contributed by atoms with van der Waals surface area (Å²) in [6, 6.07) is 7.90. The van der Waals surface area contributed by atoms with E-state index in [0.29, 0.717) is 5.75 Å². The van der Waals surface area contributed by atoms with Crippen molar-refractivity contribution in [1.82, 2.24) is 5.43 Å². The zero-order chi connectivity index (χ0) is 16.7. The lowest BCUT2D eigenvalue weighted by Gasteiger charge is -2.19. The summed E-state index contributed by atoms with van der Waals surface area (Å²) >= 11 is 0. The summed E-state index contributed by atoms with van der Waals surface area (Å²) in [5.41, 5.74) is 5.07. The van der Waals surface area contributed by atoms with Crippen LogP contribution in [-0.4, -0.2) is 18.2 Å². The van der Waals surface area contributed by atoms with Crippen LogP contribution in [0.1, 0.15) is 64.9 Å². The third-order valence-corrected chi connectivity index (χ3v) is 4.11. The van der Waals surface area contributed by atoms with Crippen molar-refractivity contribution >= 4 is 11.6 Å². The first-order valence-electron chi connectivity index (χ1n) is 8.53. The molecule has 4 heteroatoms. The Morgan fingerprint density at radius 3 is 2.26 bits per heavy atom. The van der Waals surface area contributed by atoms with Crippen LogP contribution in [-0.2, 0) is 10.2 Å². The van der Waals surface area contributed by atoms with Crippen LogP contribution in [0.15, 0.2) is 29.4 Å². The number of hydrazone groups is 1. The Balaban J connectivity index is 1.78. The topological polar surface area (TPSA) is 50.7 Å². The average molecular weight is 316 g/mol. The zero-order valence-corrected chi connectivity index (χ0v) is 14.5. The van der Waals surface area contributed by atoms with Gasteiger partial charge in [0.2, 0.25) is 0 Å². The highest BCUT2D eigenvalue weighted by atomic mass is 16.5. The number of hydrogen-bond donors (Lipinski definition) is 1. The lowest BCUT2D eigenvalue weighted by molar-refractivity contribution is -0.123. The molecule has 0 atom stereocenters. The lowest BCUT2D eigenvalue weighted by atomic mass is 9.87. The Hall–Kier alpha value is -1.84. The molecule has 0 bridgehead atoms. The molecule has 0 aromatic heterocycles. The second-order valence-corrected chi connectivity index (χ2v) is 7.19. The van der Waals surface area contributed by atoms with Gasteiger partial charge in [-0.1, -0.05) is 45.7 Å². The van der Waals surface area contributed by atoms with Gasteiger partial charge in [0.25, 0.3) is 5.91 Å². The van der Waals surface area contributed by atoms with E-state index >= 15 is 0 Å². The van der Waals surface area contributed by atoms with E-state index in [1.54, 1.807) is 0 Å². The third-order valence-electron chi connectivity index (χ3n) is 4.11. The molecule has 0 aliphatic heterocycles. The van der Waals surface area contributed by atoms with E-state index in [9.17, 15) is 4.79 Å². The minimum atomic E-state index is -0.207. The molecule has 1 fully saturated rings. The maximum atomic E-state index is 11.8. The molecule has 126 valence electrons. The van der Waals surface area contributed by atoms with Gasteiger partial charge in [0, 0.05) is 5.71 Å². The fourth-order valence-electron chi connectivity index (χ4n) is 2.62. The van der Waals surface area contributed by atoms with Gasteiger partial charge in [-0.2, -0.15) is 5.10 Å². The molecular weight excluding hydrogens is 288 g/mol. The van der Waals surface area contributed by atoms with Crippen LogP contribution in [0, 0.1) is 0 Å². The van der Waals surface area contributed by atoms with Crippen LogP contribution in [0.3, 0.4) is 0 Å². The monoisotopic (exact) mass is 316 g/mol. The predicted molar refractivity (Wildman–Crippen MR) is 93.9 cm³/mol. The number of ether oxygens (including phenoxy) is 1. The molecule has 0 unspecified atom stereocenters. The molecule has 1 amide bonds. The van der Waals surface area contributed by atoms with Gasteiger partial charge in [0.15, 0.2) is 6.61 Å². The first-order valence-corrected chi connectivity index (χ1v) is 8.53. The normalized spacial score (nSPS) is 15.7. The summed E-state index contributed by atoms with van der Waals surface area (Å²) in [5.74, 6) is 0.497. The smallest absolute Gasteiger partial charge is 0.277 e. The number of carbonyl (C=O) groups is 1. The van der Waals surface area contributed by atoms with Gasteiger partial charge < -0.3 is 4.74 Å². The van der Waals surface area contributed by atoms with E-state index in [4.69, 9.17) is 4.74 Å². The maximum Gasteiger partial charge on any atom is 0.277 e. The Labute approximate surface area is 139 Å². The third kappa shape index (κ3) is 6.05. The maximum absolute atomic E-state index is 11.8. The van der Waals surface area contributed by atoms with E-state index in [1.165, 1.54) is 31.2 Å². The summed E-state index contributed by atoms with van der Waals surface area (Å²) in [6.45, 7) is 6.50. The summed E-state index contributed by atoms with van der Waals surface area (Å²) in [5, 5.41) is 4.24. The van der Waals surface area contributed by atoms with Crippen LogP contribution in [0.4, 0.5) is 0 Å². The molecule has 1 saturated carbocycles. The second-order valence-electron chi connectivity index (χ2n) is 7.19. The number of hydrogen-bond acceptors (Lipinski definition) is 3. The van der Waals surface area contributed by atoms with E-state index in [-0.39, 0.29) is 17.9 Å². The number of benzene rings is 1. The van der Waals surface area contributed by atoms with Gasteiger partial charge in [0.1, 0.15) is 5.75 Å². The first-order chi connectivity index (χ1) is 10.9. The fourth-order valence-corrected chi connectivity index (χ4v) is 2.62. The Kier molecular flexibility index (Phi) is 6.20. The average Bonchev–Trinajstić information content (AvgIpc) is 2.79. The fraction of sp³-hybridized carbons (Fsp3) is 0.579. The number of nitrogens with one attached hydrogen (secondary N) is 1. The molecule has 0 saturated heterocycles. The minimum absolute atomic E-state index is 0.00829. The molecule has 1 N–H and O–H groups in total. The molecule has 23 heavy (non-hydrogen) atoms. The molecular formula is C19H28N2O2. The number of amides is 1. The quantitative estimate of drug-likeness (QED) is 0.669. The minimum Gasteiger partial charge on any atom is -0.484 e. The van der Waals surface area contributed by atoms with Crippen LogP contribution in [0.2, 0.25) is 0 Å². The van der Waals surface area contributed by atoms with Crippen LogP contribution < -0.4 is 10.2 Å². The van der Waals surface area contributed by atoms with Crippen molar-refractivity contribution in [2.75, 3.05) is 6.61 Å². The molecule has 4 nitrogen and oxygen atoms in total. The summed E-state index contributed by atoms with van der Waals surface area (Å²) in [4.78, 5) is 11.8. The van der Waals surface area contributed by atoms with Crippen LogP contribution >= 0.6 is 0 Å². The highest BCUT2D eigenvalue weighted by molar-refractivity contribution is 5.86. The van der Waals surface area contributed by atoms with Crippen LogP contribution in [0.5, 0.6) is 5.75 Å². The van der Waals surface area contributed by atoms with Crippen molar-refractivity contribution in [2.45, 2.75) is 64.7 Å². The highest BCUT2D eigenvalue weighted by Crippen LogP contribution is 2.24. The highest BCUT2D eigenvalue weighted by Gasteiger charge is 2.13. The molecule has 2 rings (SSSR count). The molecule has 1 aromatic rings. The van der Waals surface area contributed by atoms with Crippen molar-refractivity contribution in [1.29, 1.82) is 0 Å². The summed E-state index contributed by atoms with van der Waals surface area (Å²) < 4.78 is 5.52. The largest absolute Gasteiger partial charge is 0.484 e.